The molecule has 14 heavy (non-hydrogen) atoms. The number of carbonyl (C=O) groups excluding carboxylic acids is 2. The van der Waals surface area contributed by atoms with E-state index < -0.39 is 18.7 Å². The van der Waals surface area contributed by atoms with Crippen LogP contribution in [0.15, 0.2) is 12.7 Å². The SMILES string of the molecule is C#CCOC(=O)OCC(=O)OCC=C. The van der Waals surface area contributed by atoms with Crippen molar-refractivity contribution in [3.63, 3.8) is 0 Å². The lowest BCUT2D eigenvalue weighted by Gasteiger charge is -2.03. The number of rotatable bonds is 5. The van der Waals surface area contributed by atoms with Gasteiger partial charge in [0.1, 0.15) is 6.61 Å². The van der Waals surface area contributed by atoms with Crippen LogP contribution in [0.1, 0.15) is 0 Å². The zero-order chi connectivity index (χ0) is 10.8. The average molecular weight is 198 g/mol. The molecule has 0 aromatic carbocycles. The Morgan fingerprint density at radius 1 is 1.36 bits per heavy atom. The summed E-state index contributed by atoms with van der Waals surface area (Å²) in [5, 5.41) is 0. The molecule has 0 radical (unpaired) electrons. The first-order chi connectivity index (χ1) is 6.70. The van der Waals surface area contributed by atoms with E-state index in [-0.39, 0.29) is 13.2 Å². The van der Waals surface area contributed by atoms with Crippen molar-refractivity contribution in [3.8, 4) is 12.3 Å². The molecule has 0 rings (SSSR count). The zero-order valence-electron chi connectivity index (χ0n) is 7.52. The quantitative estimate of drug-likeness (QED) is 0.365. The van der Waals surface area contributed by atoms with E-state index in [0.717, 1.165) is 0 Å². The van der Waals surface area contributed by atoms with E-state index in [0.29, 0.717) is 0 Å². The Bertz CT molecular complexity index is 250. The van der Waals surface area contributed by atoms with Gasteiger partial charge >= 0.3 is 12.1 Å². The standard InChI is InChI=1S/C9H10O5/c1-3-5-12-8(10)7-14-9(11)13-6-4-2/h2-3H,1,5-7H2. The number of hydrogen-bond acceptors (Lipinski definition) is 5. The van der Waals surface area contributed by atoms with Crippen LogP contribution in [0.4, 0.5) is 4.79 Å². The zero-order valence-corrected chi connectivity index (χ0v) is 7.52. The molecule has 0 aliphatic rings. The minimum Gasteiger partial charge on any atom is -0.459 e. The average Bonchev–Trinajstić information content (AvgIpc) is 2.20. The number of hydrogen-bond donors (Lipinski definition) is 0. The Hall–Kier alpha value is -1.96. The lowest BCUT2D eigenvalue weighted by atomic mass is 10.6. The second-order valence-electron chi connectivity index (χ2n) is 2.00. The van der Waals surface area contributed by atoms with Gasteiger partial charge in [0, 0.05) is 0 Å². The molecule has 76 valence electrons. The van der Waals surface area contributed by atoms with Gasteiger partial charge in [0.25, 0.3) is 0 Å². The fourth-order valence-corrected chi connectivity index (χ4v) is 0.454. The van der Waals surface area contributed by atoms with Crippen LogP contribution in [0.2, 0.25) is 0 Å². The molecule has 0 aliphatic heterocycles. The van der Waals surface area contributed by atoms with Crippen molar-refractivity contribution in [2.75, 3.05) is 19.8 Å². The third kappa shape index (κ3) is 6.73. The molecule has 0 bridgehead atoms. The summed E-state index contributed by atoms with van der Waals surface area (Å²) in [5.74, 6) is 1.39. The van der Waals surface area contributed by atoms with Crippen LogP contribution in [0.3, 0.4) is 0 Å². The van der Waals surface area contributed by atoms with Gasteiger partial charge in [-0.3, -0.25) is 0 Å². The molecule has 5 heteroatoms. The fraction of sp³-hybridized carbons (Fsp3) is 0.333. The molecule has 0 saturated carbocycles. The highest BCUT2D eigenvalue weighted by Crippen LogP contribution is 1.87. The van der Waals surface area contributed by atoms with Gasteiger partial charge in [-0.15, -0.1) is 6.42 Å². The Morgan fingerprint density at radius 3 is 2.64 bits per heavy atom. The van der Waals surface area contributed by atoms with E-state index in [9.17, 15) is 9.59 Å². The number of esters is 1. The predicted octanol–water partition coefficient (Wildman–Crippen LogP) is 0.502. The summed E-state index contributed by atoms with van der Waals surface area (Å²) in [5.41, 5.74) is 0. The fourth-order valence-electron chi connectivity index (χ4n) is 0.454. The monoisotopic (exact) mass is 198 g/mol. The van der Waals surface area contributed by atoms with Crippen LogP contribution < -0.4 is 0 Å². The highest BCUT2D eigenvalue weighted by molar-refractivity contribution is 5.73. The smallest absolute Gasteiger partial charge is 0.459 e. The van der Waals surface area contributed by atoms with Crippen LogP contribution in [0.5, 0.6) is 0 Å². The highest BCUT2D eigenvalue weighted by atomic mass is 16.7. The second kappa shape index (κ2) is 7.68. The molecule has 0 aromatic rings. The van der Waals surface area contributed by atoms with Crippen LogP contribution in [-0.2, 0) is 19.0 Å². The predicted molar refractivity (Wildman–Crippen MR) is 47.3 cm³/mol. The molecule has 0 N–H and O–H groups in total. The first-order valence-electron chi connectivity index (χ1n) is 3.70. The van der Waals surface area contributed by atoms with Crippen LogP contribution in [0, 0.1) is 12.3 Å². The van der Waals surface area contributed by atoms with Gasteiger partial charge < -0.3 is 14.2 Å². The third-order valence-electron chi connectivity index (χ3n) is 0.943. The number of ether oxygens (including phenoxy) is 3. The van der Waals surface area contributed by atoms with Crippen molar-refractivity contribution in [1.82, 2.24) is 0 Å². The Kier molecular flexibility index (Phi) is 6.60. The summed E-state index contributed by atoms with van der Waals surface area (Å²) in [6.07, 6.45) is 5.21. The molecule has 0 atom stereocenters. The lowest BCUT2D eigenvalue weighted by Crippen LogP contribution is -2.17. The molecule has 0 aromatic heterocycles. The molecule has 0 saturated heterocycles. The summed E-state index contributed by atoms with van der Waals surface area (Å²) in [4.78, 5) is 21.3. The van der Waals surface area contributed by atoms with Crippen LogP contribution >= 0.6 is 0 Å². The maximum Gasteiger partial charge on any atom is 0.509 e. The second-order valence-corrected chi connectivity index (χ2v) is 2.00. The van der Waals surface area contributed by atoms with Gasteiger partial charge in [0.2, 0.25) is 0 Å². The van der Waals surface area contributed by atoms with Crippen LogP contribution in [-0.4, -0.2) is 31.9 Å². The molecular weight excluding hydrogens is 188 g/mol. The normalized spacial score (nSPS) is 8.21. The largest absolute Gasteiger partial charge is 0.509 e. The van der Waals surface area contributed by atoms with Crippen molar-refractivity contribution in [2.45, 2.75) is 0 Å². The van der Waals surface area contributed by atoms with E-state index in [4.69, 9.17) is 6.42 Å². The van der Waals surface area contributed by atoms with Crippen molar-refractivity contribution >= 4 is 12.1 Å². The van der Waals surface area contributed by atoms with Crippen molar-refractivity contribution in [3.05, 3.63) is 12.7 Å². The summed E-state index contributed by atoms with van der Waals surface area (Å²) >= 11 is 0. The summed E-state index contributed by atoms with van der Waals surface area (Å²) < 4.78 is 13.2. The van der Waals surface area contributed by atoms with E-state index in [2.05, 4.69) is 26.7 Å². The van der Waals surface area contributed by atoms with Gasteiger partial charge in [-0.05, 0) is 0 Å². The van der Waals surface area contributed by atoms with Crippen molar-refractivity contribution < 1.29 is 23.8 Å². The molecular formula is C9H10O5. The summed E-state index contributed by atoms with van der Waals surface area (Å²) in [6, 6.07) is 0. The number of terminal acetylenes is 1. The van der Waals surface area contributed by atoms with E-state index in [1.807, 2.05) is 0 Å². The molecule has 0 unspecified atom stereocenters. The van der Waals surface area contributed by atoms with Gasteiger partial charge in [-0.25, -0.2) is 9.59 Å². The Morgan fingerprint density at radius 2 is 2.07 bits per heavy atom. The van der Waals surface area contributed by atoms with Gasteiger partial charge in [-0.1, -0.05) is 18.6 Å². The maximum atomic E-state index is 10.7. The Labute approximate surface area is 81.6 Å². The molecule has 0 fully saturated rings. The molecule has 5 nitrogen and oxygen atoms in total. The first-order valence-corrected chi connectivity index (χ1v) is 3.70. The molecule has 0 aliphatic carbocycles. The summed E-state index contributed by atoms with van der Waals surface area (Å²) in [6.45, 7) is 2.71. The maximum absolute atomic E-state index is 10.7. The van der Waals surface area contributed by atoms with E-state index in [1.54, 1.807) is 0 Å². The van der Waals surface area contributed by atoms with Gasteiger partial charge in [0.15, 0.2) is 13.2 Å². The highest BCUT2D eigenvalue weighted by Gasteiger charge is 2.07. The number of carbonyl (C=O) groups is 2. The topological polar surface area (TPSA) is 61.8 Å². The third-order valence-corrected chi connectivity index (χ3v) is 0.943. The van der Waals surface area contributed by atoms with Crippen molar-refractivity contribution in [2.24, 2.45) is 0 Å². The van der Waals surface area contributed by atoms with E-state index >= 15 is 0 Å². The lowest BCUT2D eigenvalue weighted by molar-refractivity contribution is -0.146. The Balaban J connectivity index is 3.51. The van der Waals surface area contributed by atoms with Crippen molar-refractivity contribution in [1.29, 1.82) is 0 Å². The van der Waals surface area contributed by atoms with Gasteiger partial charge in [-0.2, -0.15) is 0 Å². The summed E-state index contributed by atoms with van der Waals surface area (Å²) in [7, 11) is 0. The minimum atomic E-state index is -1.00. The van der Waals surface area contributed by atoms with Crippen LogP contribution in [0.25, 0.3) is 0 Å². The minimum absolute atomic E-state index is 0.0710. The molecule has 0 spiro atoms. The van der Waals surface area contributed by atoms with E-state index in [1.165, 1.54) is 6.08 Å². The first kappa shape index (κ1) is 12.0. The molecule has 0 heterocycles. The van der Waals surface area contributed by atoms with Gasteiger partial charge in [0.05, 0.1) is 0 Å². The molecule has 0 amide bonds.